The van der Waals surface area contributed by atoms with E-state index in [1.54, 1.807) is 0 Å². The third kappa shape index (κ3) is 4.37. The monoisotopic (exact) mass is 462 g/mol. The van der Waals surface area contributed by atoms with E-state index < -0.39 is 5.82 Å². The maximum absolute atomic E-state index is 13.4. The van der Waals surface area contributed by atoms with Crippen LogP contribution < -0.4 is 15.4 Å². The van der Waals surface area contributed by atoms with E-state index in [9.17, 15) is 14.0 Å². The average molecular weight is 463 g/mol. The molecule has 3 aliphatic rings. The van der Waals surface area contributed by atoms with E-state index in [0.29, 0.717) is 19.3 Å². The van der Waals surface area contributed by atoms with Crippen molar-refractivity contribution in [3.8, 4) is 17.6 Å². The molecule has 0 saturated heterocycles. The first kappa shape index (κ1) is 21.3. The van der Waals surface area contributed by atoms with Gasteiger partial charge in [0.05, 0.1) is 5.02 Å². The van der Waals surface area contributed by atoms with Gasteiger partial charge >= 0.3 is 0 Å². The van der Waals surface area contributed by atoms with Gasteiger partial charge in [0.15, 0.2) is 6.61 Å². The van der Waals surface area contributed by atoms with E-state index in [2.05, 4.69) is 22.5 Å². The number of hydrogen-bond donors (Lipinski definition) is 2. The van der Waals surface area contributed by atoms with Crippen LogP contribution in [0.15, 0.2) is 60.7 Å². The van der Waals surface area contributed by atoms with Gasteiger partial charge in [-0.15, -0.1) is 0 Å². The quantitative estimate of drug-likeness (QED) is 0.564. The van der Waals surface area contributed by atoms with Crippen LogP contribution in [-0.2, 0) is 9.59 Å². The van der Waals surface area contributed by atoms with Gasteiger partial charge in [0, 0.05) is 28.6 Å². The first-order valence-electron chi connectivity index (χ1n) is 10.6. The molecule has 3 fully saturated rings. The largest absolute Gasteiger partial charge is 0.484 e. The van der Waals surface area contributed by atoms with E-state index in [0.717, 1.165) is 22.4 Å². The second kappa shape index (κ2) is 8.09. The lowest BCUT2D eigenvalue weighted by Gasteiger charge is -2.70. The zero-order valence-corrected chi connectivity index (χ0v) is 18.3. The fraction of sp³-hybridized carbons (Fsp3) is 0.231. The van der Waals surface area contributed by atoms with Crippen LogP contribution in [0.25, 0.3) is 10.8 Å². The molecule has 3 saturated carbocycles. The summed E-state index contributed by atoms with van der Waals surface area (Å²) in [7, 11) is 0. The molecule has 166 valence electrons. The van der Waals surface area contributed by atoms with Gasteiger partial charge in [-0.1, -0.05) is 47.9 Å². The Hall–Kier alpha value is -3.56. The van der Waals surface area contributed by atoms with Gasteiger partial charge in [0.25, 0.3) is 11.8 Å². The number of amides is 2. The van der Waals surface area contributed by atoms with Crippen molar-refractivity contribution in [2.45, 2.75) is 30.3 Å². The highest BCUT2D eigenvalue weighted by Crippen LogP contribution is 2.60. The molecule has 0 spiro atoms. The molecule has 0 atom stereocenters. The van der Waals surface area contributed by atoms with Crippen molar-refractivity contribution >= 4 is 34.2 Å². The fourth-order valence-electron chi connectivity index (χ4n) is 4.77. The van der Waals surface area contributed by atoms with Crippen LogP contribution >= 0.6 is 11.6 Å². The minimum Gasteiger partial charge on any atom is -0.484 e. The van der Waals surface area contributed by atoms with Crippen LogP contribution in [0, 0.1) is 17.7 Å². The number of ether oxygens (including phenoxy) is 1. The van der Waals surface area contributed by atoms with E-state index in [-0.39, 0.29) is 40.3 Å². The molecule has 2 bridgehead atoms. The number of hydrogen-bond acceptors (Lipinski definition) is 3. The summed E-state index contributed by atoms with van der Waals surface area (Å²) in [6.07, 6.45) is 1.97. The van der Waals surface area contributed by atoms with Crippen molar-refractivity contribution in [1.82, 2.24) is 10.6 Å². The molecule has 3 aromatic rings. The molecule has 0 aromatic heterocycles. The highest BCUT2D eigenvalue weighted by atomic mass is 35.5. The van der Waals surface area contributed by atoms with Crippen LogP contribution in [-0.4, -0.2) is 29.5 Å². The SMILES string of the molecule is O=C(C#Cc1ccc2ccccc2c1)NC12CC(NC(=O)COc3ccc(Cl)c(F)c3)(C1)C2. The Balaban J connectivity index is 1.09. The van der Waals surface area contributed by atoms with Crippen LogP contribution in [0.4, 0.5) is 4.39 Å². The number of carbonyl (C=O) groups excluding carboxylic acids is 2. The highest BCUT2D eigenvalue weighted by molar-refractivity contribution is 6.30. The molecule has 33 heavy (non-hydrogen) atoms. The van der Waals surface area contributed by atoms with Crippen molar-refractivity contribution in [2.24, 2.45) is 0 Å². The average Bonchev–Trinajstić information content (AvgIpc) is 2.76. The number of rotatable bonds is 5. The minimum absolute atomic E-state index is 0.00466. The van der Waals surface area contributed by atoms with Crippen LogP contribution in [0.5, 0.6) is 5.75 Å². The lowest BCUT2D eigenvalue weighted by molar-refractivity contribution is -0.148. The summed E-state index contributed by atoms with van der Waals surface area (Å²) in [6, 6.07) is 17.8. The van der Waals surface area contributed by atoms with Gasteiger partial charge < -0.3 is 15.4 Å². The van der Waals surface area contributed by atoms with E-state index in [1.807, 2.05) is 42.5 Å². The zero-order chi connectivity index (χ0) is 23.1. The summed E-state index contributed by atoms with van der Waals surface area (Å²) in [5.74, 6) is 4.61. The Morgan fingerprint density at radius 3 is 2.45 bits per heavy atom. The van der Waals surface area contributed by atoms with Crippen molar-refractivity contribution in [3.63, 3.8) is 0 Å². The zero-order valence-electron chi connectivity index (χ0n) is 17.6. The van der Waals surface area contributed by atoms with Crippen molar-refractivity contribution < 1.29 is 18.7 Å². The highest BCUT2D eigenvalue weighted by Gasteiger charge is 2.69. The molecule has 0 aliphatic heterocycles. The Kier molecular flexibility index (Phi) is 5.22. The number of benzene rings is 3. The molecule has 2 N–H and O–H groups in total. The normalized spacial score (nSPS) is 22.2. The standard InChI is InChI=1S/C26H20ClFN2O3/c27-21-9-8-20(12-22(21)28)33-13-24(32)30-26-14-25(15-26,16-26)29-23(31)10-6-17-5-7-18-3-1-2-4-19(18)11-17/h1-5,7-9,11-12H,13-16H2,(H,29,31)(H,30,32). The smallest absolute Gasteiger partial charge is 0.296 e. The molecule has 0 unspecified atom stereocenters. The molecule has 0 heterocycles. The van der Waals surface area contributed by atoms with Crippen molar-refractivity contribution in [1.29, 1.82) is 0 Å². The minimum atomic E-state index is -0.601. The lowest BCUT2D eigenvalue weighted by Crippen LogP contribution is -2.84. The first-order valence-corrected chi connectivity index (χ1v) is 10.9. The summed E-state index contributed by atoms with van der Waals surface area (Å²) < 4.78 is 18.8. The first-order chi connectivity index (χ1) is 15.8. The molecular weight excluding hydrogens is 443 g/mol. The predicted molar refractivity (Wildman–Crippen MR) is 123 cm³/mol. The summed E-state index contributed by atoms with van der Waals surface area (Å²) >= 11 is 5.63. The topological polar surface area (TPSA) is 67.4 Å². The van der Waals surface area contributed by atoms with Gasteiger partial charge in [0.2, 0.25) is 0 Å². The Morgan fingerprint density at radius 2 is 1.70 bits per heavy atom. The Bertz CT molecular complexity index is 1320. The second-order valence-electron chi connectivity index (χ2n) is 8.77. The second-order valence-corrected chi connectivity index (χ2v) is 9.18. The lowest BCUT2D eigenvalue weighted by atomic mass is 9.44. The third-order valence-corrected chi connectivity index (χ3v) is 6.45. The fourth-order valence-corrected chi connectivity index (χ4v) is 4.89. The van der Waals surface area contributed by atoms with Crippen LogP contribution in [0.2, 0.25) is 5.02 Å². The summed E-state index contributed by atoms with van der Waals surface area (Å²) in [4.78, 5) is 24.5. The van der Waals surface area contributed by atoms with Gasteiger partial charge in [-0.2, -0.15) is 0 Å². The van der Waals surface area contributed by atoms with Crippen molar-refractivity contribution in [2.75, 3.05) is 6.61 Å². The molecule has 6 rings (SSSR count). The van der Waals surface area contributed by atoms with E-state index >= 15 is 0 Å². The molecule has 3 aromatic carbocycles. The van der Waals surface area contributed by atoms with Gasteiger partial charge in [-0.05, 0) is 54.3 Å². The van der Waals surface area contributed by atoms with Gasteiger partial charge in [-0.25, -0.2) is 4.39 Å². The number of fused-ring (bicyclic) bond motifs is 1. The van der Waals surface area contributed by atoms with E-state index in [1.165, 1.54) is 12.1 Å². The molecule has 2 amide bonds. The predicted octanol–water partition coefficient (Wildman–Crippen LogP) is 3.97. The van der Waals surface area contributed by atoms with Gasteiger partial charge in [-0.3, -0.25) is 9.59 Å². The molecule has 0 radical (unpaired) electrons. The number of nitrogens with one attached hydrogen (secondary N) is 2. The summed E-state index contributed by atoms with van der Waals surface area (Å²) in [5, 5.41) is 8.14. The van der Waals surface area contributed by atoms with E-state index in [4.69, 9.17) is 16.3 Å². The summed E-state index contributed by atoms with van der Waals surface area (Å²) in [6.45, 7) is -0.223. The summed E-state index contributed by atoms with van der Waals surface area (Å²) in [5.41, 5.74) is 0.165. The molecule has 7 heteroatoms. The maximum Gasteiger partial charge on any atom is 0.296 e. The Labute approximate surface area is 195 Å². The molecular formula is C26H20ClFN2O3. The third-order valence-electron chi connectivity index (χ3n) is 6.14. The van der Waals surface area contributed by atoms with Crippen molar-refractivity contribution in [3.05, 3.63) is 77.1 Å². The number of halogens is 2. The maximum atomic E-state index is 13.4. The van der Waals surface area contributed by atoms with Gasteiger partial charge in [0.1, 0.15) is 11.6 Å². The molecule has 5 nitrogen and oxygen atoms in total. The Morgan fingerprint density at radius 1 is 0.970 bits per heavy atom. The van der Waals surface area contributed by atoms with Crippen LogP contribution in [0.3, 0.4) is 0 Å². The number of carbonyl (C=O) groups is 2. The molecule has 3 aliphatic carbocycles. The van der Waals surface area contributed by atoms with Crippen LogP contribution in [0.1, 0.15) is 24.8 Å².